The average molecular weight is 401 g/mol. The van der Waals surface area contributed by atoms with Crippen molar-refractivity contribution in [3.63, 3.8) is 0 Å². The van der Waals surface area contributed by atoms with Gasteiger partial charge in [-0.05, 0) is 31.5 Å². The second-order valence-electron chi connectivity index (χ2n) is 6.29. The van der Waals surface area contributed by atoms with Crippen LogP contribution in [0.15, 0.2) is 35.6 Å². The summed E-state index contributed by atoms with van der Waals surface area (Å²) >= 11 is 7.72. The molecule has 1 unspecified atom stereocenters. The molecule has 1 atom stereocenters. The van der Waals surface area contributed by atoms with E-state index in [2.05, 4.69) is 29.5 Å². The van der Waals surface area contributed by atoms with Gasteiger partial charge in [0, 0.05) is 21.0 Å². The number of nitrogens with zero attached hydrogens (tertiary/aromatic N) is 4. The number of benzene rings is 1. The summed E-state index contributed by atoms with van der Waals surface area (Å²) in [5, 5.41) is 9.93. The molecule has 0 fully saturated rings. The Labute approximate surface area is 164 Å². The molecule has 138 valence electrons. The molecule has 1 aliphatic rings. The van der Waals surface area contributed by atoms with E-state index in [-0.39, 0.29) is 12.3 Å². The number of amides is 1. The Bertz CT molecular complexity index is 1050. The average Bonchev–Trinajstić information content (AvgIpc) is 3.22. The fourth-order valence-corrected chi connectivity index (χ4v) is 4.42. The Hall–Kier alpha value is -2.55. The van der Waals surface area contributed by atoms with Gasteiger partial charge in [-0.3, -0.25) is 19.8 Å². The van der Waals surface area contributed by atoms with Crippen LogP contribution in [0.4, 0.5) is 0 Å². The van der Waals surface area contributed by atoms with Crippen LogP contribution in [0.3, 0.4) is 0 Å². The number of aliphatic imine (C=N–C) groups is 1. The maximum absolute atomic E-state index is 12.0. The van der Waals surface area contributed by atoms with Crippen LogP contribution in [0.5, 0.6) is 0 Å². The van der Waals surface area contributed by atoms with Crippen molar-refractivity contribution in [1.82, 2.24) is 20.2 Å². The number of nitrogens with one attached hydrogen (secondary N) is 1. The van der Waals surface area contributed by atoms with Gasteiger partial charge < -0.3 is 0 Å². The van der Waals surface area contributed by atoms with E-state index in [9.17, 15) is 4.79 Å². The monoisotopic (exact) mass is 400 g/mol. The summed E-state index contributed by atoms with van der Waals surface area (Å²) in [4.78, 5) is 18.1. The van der Waals surface area contributed by atoms with Crippen molar-refractivity contribution < 1.29 is 4.79 Å². The summed E-state index contributed by atoms with van der Waals surface area (Å²) in [6.07, 6.45) is 1.75. The third-order valence-corrected chi connectivity index (χ3v) is 6.10. The van der Waals surface area contributed by atoms with Crippen molar-refractivity contribution in [2.75, 3.05) is 0 Å². The van der Waals surface area contributed by atoms with Gasteiger partial charge >= 0.3 is 0 Å². The number of nitrogens with two attached hydrogens (primary N) is 1. The van der Waals surface area contributed by atoms with Crippen molar-refractivity contribution in [3.8, 4) is 5.00 Å². The molecule has 3 N–H and O–H groups in total. The van der Waals surface area contributed by atoms with Gasteiger partial charge in [-0.2, -0.15) is 0 Å². The lowest BCUT2D eigenvalue weighted by molar-refractivity contribution is -0.121. The molecule has 1 aromatic carbocycles. The molecular weight excluding hydrogens is 384 g/mol. The van der Waals surface area contributed by atoms with Gasteiger partial charge in [0.15, 0.2) is 5.82 Å². The lowest BCUT2D eigenvalue weighted by Gasteiger charge is -2.11. The first-order chi connectivity index (χ1) is 13.0. The second-order valence-corrected chi connectivity index (χ2v) is 7.93. The fraction of sp³-hybridized carbons (Fsp3) is 0.222. The second kappa shape index (κ2) is 6.88. The molecule has 27 heavy (non-hydrogen) atoms. The fourth-order valence-electron chi connectivity index (χ4n) is 3.16. The van der Waals surface area contributed by atoms with E-state index in [1.807, 2.05) is 28.8 Å². The highest BCUT2D eigenvalue weighted by molar-refractivity contribution is 7.15. The van der Waals surface area contributed by atoms with E-state index in [1.54, 1.807) is 17.7 Å². The number of fused-ring (bicyclic) bond motifs is 3. The van der Waals surface area contributed by atoms with Gasteiger partial charge in [0.25, 0.3) is 0 Å². The first-order valence-corrected chi connectivity index (χ1v) is 9.53. The van der Waals surface area contributed by atoms with E-state index in [0.717, 1.165) is 27.4 Å². The van der Waals surface area contributed by atoms with Crippen LogP contribution in [0, 0.1) is 13.8 Å². The van der Waals surface area contributed by atoms with E-state index < -0.39 is 6.04 Å². The Morgan fingerprint density at radius 3 is 2.78 bits per heavy atom. The van der Waals surface area contributed by atoms with E-state index in [1.165, 1.54) is 4.88 Å². The standard InChI is InChI=1S/C18H17ClN6OS/c1-9-10(2)27-18-15(9)16(11-3-5-12(19)6-4-11)22-13(7-14(26)23-20)17-24-21-8-25(17)18/h3-6,8,13H,7,20H2,1-2H3,(H,23,26). The van der Waals surface area contributed by atoms with E-state index in [0.29, 0.717) is 10.8 Å². The number of aryl methyl sites for hydroxylation is 1. The van der Waals surface area contributed by atoms with Gasteiger partial charge in [-0.25, -0.2) is 5.84 Å². The Morgan fingerprint density at radius 2 is 2.07 bits per heavy atom. The van der Waals surface area contributed by atoms with E-state index in [4.69, 9.17) is 22.4 Å². The topological polar surface area (TPSA) is 98.2 Å². The predicted octanol–water partition coefficient (Wildman–Crippen LogP) is 2.87. The molecule has 2 aromatic heterocycles. The number of hydrazine groups is 1. The Balaban J connectivity index is 1.97. The number of hydrogen-bond donors (Lipinski definition) is 2. The largest absolute Gasteiger partial charge is 0.294 e. The van der Waals surface area contributed by atoms with Crippen molar-refractivity contribution in [2.24, 2.45) is 10.8 Å². The smallest absolute Gasteiger partial charge is 0.236 e. The predicted molar refractivity (Wildman–Crippen MR) is 105 cm³/mol. The van der Waals surface area contributed by atoms with Crippen LogP contribution in [-0.4, -0.2) is 26.4 Å². The third kappa shape index (κ3) is 3.05. The number of halogens is 1. The molecule has 4 rings (SSSR count). The summed E-state index contributed by atoms with van der Waals surface area (Å²) in [5.74, 6) is 5.59. The summed E-state index contributed by atoms with van der Waals surface area (Å²) in [7, 11) is 0. The molecule has 0 radical (unpaired) electrons. The molecule has 3 aromatic rings. The number of aromatic nitrogens is 3. The number of hydrogen-bond acceptors (Lipinski definition) is 6. The normalized spacial score (nSPS) is 15.6. The van der Waals surface area contributed by atoms with Gasteiger partial charge in [-0.15, -0.1) is 21.5 Å². The molecule has 1 amide bonds. The quantitative estimate of drug-likeness (QED) is 0.401. The van der Waals surface area contributed by atoms with Gasteiger partial charge in [0.05, 0.1) is 12.1 Å². The highest BCUT2D eigenvalue weighted by atomic mass is 35.5. The molecule has 1 aliphatic heterocycles. The molecule has 0 spiro atoms. The molecule has 0 saturated heterocycles. The first kappa shape index (κ1) is 17.8. The third-order valence-electron chi connectivity index (χ3n) is 4.64. The van der Waals surface area contributed by atoms with Crippen LogP contribution in [-0.2, 0) is 4.79 Å². The van der Waals surface area contributed by atoms with Crippen LogP contribution in [0.2, 0.25) is 5.02 Å². The van der Waals surface area contributed by atoms with Crippen LogP contribution < -0.4 is 11.3 Å². The zero-order valence-electron chi connectivity index (χ0n) is 14.7. The van der Waals surface area contributed by atoms with Crippen LogP contribution in [0.1, 0.15) is 39.9 Å². The molecule has 7 nitrogen and oxygen atoms in total. The van der Waals surface area contributed by atoms with Crippen molar-refractivity contribution in [3.05, 3.63) is 63.0 Å². The van der Waals surface area contributed by atoms with Crippen molar-refractivity contribution in [2.45, 2.75) is 26.3 Å². The molecule has 0 aliphatic carbocycles. The Morgan fingerprint density at radius 1 is 1.33 bits per heavy atom. The molecule has 0 saturated carbocycles. The number of carbonyl (C=O) groups is 1. The van der Waals surface area contributed by atoms with Crippen LogP contribution in [0.25, 0.3) is 5.00 Å². The van der Waals surface area contributed by atoms with Crippen molar-refractivity contribution >= 4 is 34.6 Å². The SMILES string of the molecule is Cc1sc2c(c1C)C(c1ccc(Cl)cc1)=NC(CC(=O)NN)c1nncn1-2. The highest BCUT2D eigenvalue weighted by Gasteiger charge is 2.30. The minimum atomic E-state index is -0.499. The maximum atomic E-state index is 12.0. The van der Waals surface area contributed by atoms with E-state index >= 15 is 0 Å². The number of carbonyl (C=O) groups excluding carboxylic acids is 1. The molecule has 9 heteroatoms. The van der Waals surface area contributed by atoms with Crippen molar-refractivity contribution in [1.29, 1.82) is 0 Å². The maximum Gasteiger partial charge on any atom is 0.236 e. The zero-order valence-corrected chi connectivity index (χ0v) is 16.3. The zero-order chi connectivity index (χ0) is 19.1. The summed E-state index contributed by atoms with van der Waals surface area (Å²) in [5.41, 5.74) is 6.08. The summed E-state index contributed by atoms with van der Waals surface area (Å²) < 4.78 is 1.92. The first-order valence-electron chi connectivity index (χ1n) is 8.33. The molecule has 0 bridgehead atoms. The lowest BCUT2D eigenvalue weighted by atomic mass is 9.99. The van der Waals surface area contributed by atoms with Gasteiger partial charge in [0.2, 0.25) is 5.91 Å². The van der Waals surface area contributed by atoms with Crippen LogP contribution >= 0.6 is 22.9 Å². The molecular formula is C18H17ClN6OS. The van der Waals surface area contributed by atoms with Gasteiger partial charge in [-0.1, -0.05) is 23.7 Å². The highest BCUT2D eigenvalue weighted by Crippen LogP contribution is 2.38. The molecule has 3 heterocycles. The summed E-state index contributed by atoms with van der Waals surface area (Å²) in [6, 6.07) is 7.04. The van der Waals surface area contributed by atoms with Gasteiger partial charge in [0.1, 0.15) is 17.4 Å². The Kier molecular flexibility index (Phi) is 4.55. The number of thiophene rings is 1. The number of rotatable bonds is 3. The minimum absolute atomic E-state index is 0.0826. The summed E-state index contributed by atoms with van der Waals surface area (Å²) in [6.45, 7) is 4.16. The minimum Gasteiger partial charge on any atom is -0.294 e. The lowest BCUT2D eigenvalue weighted by Crippen LogP contribution is -2.31.